The summed E-state index contributed by atoms with van der Waals surface area (Å²) in [4.78, 5) is 16.3. The molecule has 0 aliphatic carbocycles. The lowest BCUT2D eigenvalue weighted by molar-refractivity contribution is -0.143. The predicted molar refractivity (Wildman–Crippen MR) is 113 cm³/mol. The standard InChI is InChI=1S/C20H23N9O2/c1-2-3-15(20(30)31)16(18(21)24-27-22)10-12-4-9-17(23-11-12)13-5-7-14(8-6-13)19-25-28-29-26-19/h4-9,11,15-16H,2-3,10H2,1H3,(H,30,31)(H3,21,22,24)(H,25,26,28,29). The van der Waals surface area contributed by atoms with Crippen molar-refractivity contribution in [2.24, 2.45) is 27.9 Å². The minimum absolute atomic E-state index is 0.0389. The van der Waals surface area contributed by atoms with Crippen LogP contribution in [0, 0.1) is 17.4 Å². The van der Waals surface area contributed by atoms with Gasteiger partial charge in [-0.2, -0.15) is 10.7 Å². The number of aromatic amines is 1. The van der Waals surface area contributed by atoms with Crippen LogP contribution in [0.3, 0.4) is 0 Å². The maximum absolute atomic E-state index is 11.8. The van der Waals surface area contributed by atoms with Crippen LogP contribution in [0.25, 0.3) is 22.6 Å². The number of aromatic nitrogens is 5. The van der Waals surface area contributed by atoms with Crippen LogP contribution in [-0.2, 0) is 11.2 Å². The number of carboxylic acid groups (broad SMARTS) is 1. The summed E-state index contributed by atoms with van der Waals surface area (Å²) in [6.07, 6.45) is 3.18. The van der Waals surface area contributed by atoms with Gasteiger partial charge < -0.3 is 10.8 Å². The molecular formula is C20H23N9O2. The highest BCUT2D eigenvalue weighted by Crippen LogP contribution is 2.25. The number of amidine groups is 1. The number of hydrogen-bond acceptors (Lipinski definition) is 7. The van der Waals surface area contributed by atoms with Crippen molar-refractivity contribution >= 4 is 11.8 Å². The molecule has 11 heteroatoms. The number of hydrogen-bond donors (Lipinski definition) is 4. The number of aliphatic carboxylic acids is 1. The normalized spacial score (nSPS) is 13.5. The highest BCUT2D eigenvalue weighted by molar-refractivity contribution is 5.87. The van der Waals surface area contributed by atoms with E-state index in [1.165, 1.54) is 0 Å². The molecule has 0 radical (unpaired) electrons. The van der Waals surface area contributed by atoms with Gasteiger partial charge in [0.1, 0.15) is 5.84 Å². The second-order valence-corrected chi connectivity index (χ2v) is 7.03. The third-order valence-corrected chi connectivity index (χ3v) is 5.01. The number of nitrogens with zero attached hydrogens (tertiary/aromatic N) is 6. The van der Waals surface area contributed by atoms with Crippen LogP contribution >= 0.6 is 0 Å². The Kier molecular flexibility index (Phi) is 7.09. The fourth-order valence-corrected chi connectivity index (χ4v) is 3.44. The number of carboxylic acids is 1. The predicted octanol–water partition coefficient (Wildman–Crippen LogP) is 2.89. The van der Waals surface area contributed by atoms with Crippen LogP contribution in [0.1, 0.15) is 25.3 Å². The summed E-state index contributed by atoms with van der Waals surface area (Å²) in [5, 5.41) is 30.1. The Morgan fingerprint density at radius 2 is 1.94 bits per heavy atom. The van der Waals surface area contributed by atoms with E-state index < -0.39 is 17.8 Å². The maximum Gasteiger partial charge on any atom is 0.307 e. The molecule has 5 N–H and O–H groups in total. The van der Waals surface area contributed by atoms with Crippen molar-refractivity contribution in [3.8, 4) is 22.6 Å². The molecule has 2 aromatic heterocycles. The summed E-state index contributed by atoms with van der Waals surface area (Å²) in [6, 6.07) is 11.4. The van der Waals surface area contributed by atoms with E-state index in [0.29, 0.717) is 25.1 Å². The van der Waals surface area contributed by atoms with Crippen molar-refractivity contribution in [2.75, 3.05) is 0 Å². The van der Waals surface area contributed by atoms with Crippen molar-refractivity contribution < 1.29 is 9.90 Å². The molecular weight excluding hydrogens is 398 g/mol. The van der Waals surface area contributed by atoms with E-state index >= 15 is 0 Å². The third kappa shape index (κ3) is 5.32. The van der Waals surface area contributed by atoms with Crippen LogP contribution in [0.15, 0.2) is 52.9 Å². The van der Waals surface area contributed by atoms with Crippen LogP contribution in [0.4, 0.5) is 0 Å². The molecule has 0 amide bonds. The molecule has 0 saturated carbocycles. The van der Waals surface area contributed by atoms with E-state index in [9.17, 15) is 9.90 Å². The summed E-state index contributed by atoms with van der Waals surface area (Å²) in [5.41, 5.74) is 16.2. The van der Waals surface area contributed by atoms with Gasteiger partial charge in [-0.15, -0.1) is 15.3 Å². The fraction of sp³-hybridized carbons (Fsp3) is 0.300. The fourth-order valence-electron chi connectivity index (χ4n) is 3.44. The Labute approximate surface area is 178 Å². The van der Waals surface area contributed by atoms with Crippen molar-refractivity contribution in [1.29, 1.82) is 5.53 Å². The van der Waals surface area contributed by atoms with Gasteiger partial charge in [-0.1, -0.05) is 48.9 Å². The van der Waals surface area contributed by atoms with Crippen LogP contribution in [0.2, 0.25) is 0 Å². The maximum atomic E-state index is 11.8. The molecule has 0 aliphatic rings. The lowest BCUT2D eigenvalue weighted by atomic mass is 9.83. The Morgan fingerprint density at radius 1 is 1.19 bits per heavy atom. The van der Waals surface area contributed by atoms with Crippen LogP contribution in [0.5, 0.6) is 0 Å². The molecule has 2 unspecified atom stereocenters. The Morgan fingerprint density at radius 3 is 2.48 bits per heavy atom. The first-order chi connectivity index (χ1) is 15.0. The lowest BCUT2D eigenvalue weighted by Gasteiger charge is -2.22. The summed E-state index contributed by atoms with van der Waals surface area (Å²) in [7, 11) is 0. The first kappa shape index (κ1) is 21.7. The van der Waals surface area contributed by atoms with Crippen molar-refractivity contribution in [1.82, 2.24) is 25.6 Å². The number of nitrogens with one attached hydrogen (secondary N) is 2. The number of nitrogens with two attached hydrogens (primary N) is 1. The molecule has 0 saturated heterocycles. The van der Waals surface area contributed by atoms with Gasteiger partial charge in [-0.05, 0) is 29.7 Å². The van der Waals surface area contributed by atoms with Gasteiger partial charge in [0, 0.05) is 23.2 Å². The molecule has 3 rings (SSSR count). The average molecular weight is 421 g/mol. The zero-order valence-electron chi connectivity index (χ0n) is 16.9. The zero-order chi connectivity index (χ0) is 22.2. The molecule has 160 valence electrons. The minimum Gasteiger partial charge on any atom is -0.481 e. The third-order valence-electron chi connectivity index (χ3n) is 5.01. The first-order valence-electron chi connectivity index (χ1n) is 9.75. The number of benzene rings is 1. The van der Waals surface area contributed by atoms with E-state index in [1.807, 2.05) is 43.3 Å². The molecule has 0 spiro atoms. The molecule has 2 heterocycles. The monoisotopic (exact) mass is 421 g/mol. The quantitative estimate of drug-likeness (QED) is 0.168. The van der Waals surface area contributed by atoms with Crippen molar-refractivity contribution in [3.05, 3.63) is 48.2 Å². The van der Waals surface area contributed by atoms with E-state index in [-0.39, 0.29) is 5.84 Å². The average Bonchev–Trinajstić information content (AvgIpc) is 3.32. The minimum atomic E-state index is -0.943. The molecule has 0 aliphatic heterocycles. The molecule has 2 atom stereocenters. The number of carbonyl (C=O) groups is 1. The van der Waals surface area contributed by atoms with Gasteiger partial charge in [-0.25, -0.2) is 0 Å². The van der Waals surface area contributed by atoms with E-state index in [2.05, 4.69) is 35.9 Å². The van der Waals surface area contributed by atoms with E-state index in [1.54, 1.807) is 6.20 Å². The van der Waals surface area contributed by atoms with Crippen LogP contribution in [-0.4, -0.2) is 42.5 Å². The lowest BCUT2D eigenvalue weighted by Crippen LogP contribution is -2.36. The highest BCUT2D eigenvalue weighted by atomic mass is 16.4. The van der Waals surface area contributed by atoms with Gasteiger partial charge in [-0.3, -0.25) is 9.78 Å². The molecule has 31 heavy (non-hydrogen) atoms. The SMILES string of the molecule is CCCC(C(=O)O)C(Cc1ccc(-c2ccc(-c3nn[nH]n3)cc2)nc1)C(N)=NN=N. The number of H-pyrrole nitrogens is 1. The molecule has 3 aromatic rings. The van der Waals surface area contributed by atoms with Gasteiger partial charge in [0.25, 0.3) is 0 Å². The number of tetrazole rings is 1. The van der Waals surface area contributed by atoms with Gasteiger partial charge in [0.05, 0.1) is 11.6 Å². The van der Waals surface area contributed by atoms with Gasteiger partial charge >= 0.3 is 5.97 Å². The molecule has 11 nitrogen and oxygen atoms in total. The van der Waals surface area contributed by atoms with E-state index in [0.717, 1.165) is 22.4 Å². The molecule has 0 bridgehead atoms. The van der Waals surface area contributed by atoms with Gasteiger partial charge in [0.15, 0.2) is 0 Å². The Bertz CT molecular complexity index is 1030. The summed E-state index contributed by atoms with van der Waals surface area (Å²) in [6.45, 7) is 1.91. The second-order valence-electron chi connectivity index (χ2n) is 7.03. The smallest absolute Gasteiger partial charge is 0.307 e. The second kappa shape index (κ2) is 10.1. The zero-order valence-corrected chi connectivity index (χ0v) is 16.9. The highest BCUT2D eigenvalue weighted by Gasteiger charge is 2.31. The Hall–Kier alpha value is -4.02. The summed E-state index contributed by atoms with van der Waals surface area (Å²) in [5.74, 6) is -1.68. The Balaban J connectivity index is 1.79. The van der Waals surface area contributed by atoms with Crippen molar-refractivity contribution in [2.45, 2.75) is 26.2 Å². The topological polar surface area (TPSA) is 179 Å². The molecule has 1 aromatic carbocycles. The van der Waals surface area contributed by atoms with Crippen LogP contribution < -0.4 is 5.73 Å². The summed E-state index contributed by atoms with van der Waals surface area (Å²) >= 11 is 0. The van der Waals surface area contributed by atoms with Crippen molar-refractivity contribution in [3.63, 3.8) is 0 Å². The largest absolute Gasteiger partial charge is 0.481 e. The number of pyridine rings is 1. The van der Waals surface area contributed by atoms with Gasteiger partial charge in [0.2, 0.25) is 5.82 Å². The first-order valence-corrected chi connectivity index (χ1v) is 9.75. The van der Waals surface area contributed by atoms with E-state index in [4.69, 9.17) is 11.3 Å². The molecule has 0 fully saturated rings. The number of rotatable bonds is 10. The summed E-state index contributed by atoms with van der Waals surface area (Å²) < 4.78 is 0.